The van der Waals surface area contributed by atoms with Gasteiger partial charge in [-0.2, -0.15) is 0 Å². The summed E-state index contributed by atoms with van der Waals surface area (Å²) in [5.41, 5.74) is 1.21. The molecule has 112 valence electrons. The number of carbonyl (C=O) groups excluding carboxylic acids is 1. The molecule has 5 heteroatoms. The van der Waals surface area contributed by atoms with E-state index in [0.29, 0.717) is 32.1 Å². The lowest BCUT2D eigenvalue weighted by molar-refractivity contribution is -0.118. The zero-order valence-electron chi connectivity index (χ0n) is 12.2. The third-order valence-corrected chi connectivity index (χ3v) is 3.85. The van der Waals surface area contributed by atoms with Crippen LogP contribution in [-0.4, -0.2) is 45.1 Å². The fourth-order valence-corrected chi connectivity index (χ4v) is 2.42. The van der Waals surface area contributed by atoms with Crippen LogP contribution in [0.4, 0.5) is 0 Å². The molecule has 0 aliphatic rings. The van der Waals surface area contributed by atoms with E-state index in [0.717, 1.165) is 11.3 Å². The molecule has 1 aromatic rings. The van der Waals surface area contributed by atoms with Gasteiger partial charge in [-0.05, 0) is 25.0 Å². The third-order valence-electron chi connectivity index (χ3n) is 2.67. The molecule has 20 heavy (non-hydrogen) atoms. The van der Waals surface area contributed by atoms with Crippen LogP contribution in [0.15, 0.2) is 29.2 Å². The van der Waals surface area contributed by atoms with Crippen molar-refractivity contribution in [1.29, 1.82) is 0 Å². The Morgan fingerprint density at radius 3 is 2.80 bits per heavy atom. The average Bonchev–Trinajstić information content (AvgIpc) is 2.45. The molecule has 0 atom stereocenters. The summed E-state index contributed by atoms with van der Waals surface area (Å²) in [6, 6.07) is 8.09. The highest BCUT2D eigenvalue weighted by atomic mass is 32.2. The van der Waals surface area contributed by atoms with Gasteiger partial charge in [0, 0.05) is 25.2 Å². The van der Waals surface area contributed by atoms with E-state index in [1.165, 1.54) is 5.56 Å². The predicted octanol–water partition coefficient (Wildman–Crippen LogP) is 2.26. The molecule has 0 bridgehead atoms. The fourth-order valence-electron chi connectivity index (χ4n) is 1.56. The lowest BCUT2D eigenvalue weighted by Crippen LogP contribution is -2.27. The first-order valence-corrected chi connectivity index (χ1v) is 7.74. The van der Waals surface area contributed by atoms with E-state index in [1.54, 1.807) is 18.9 Å². The van der Waals surface area contributed by atoms with E-state index in [4.69, 9.17) is 9.47 Å². The van der Waals surface area contributed by atoms with E-state index in [9.17, 15) is 4.79 Å². The van der Waals surface area contributed by atoms with Gasteiger partial charge in [-0.1, -0.05) is 18.2 Å². The molecule has 0 unspecified atom stereocenters. The molecule has 1 amide bonds. The Kier molecular flexibility index (Phi) is 9.11. The van der Waals surface area contributed by atoms with Crippen LogP contribution < -0.4 is 5.32 Å². The molecule has 0 spiro atoms. The maximum absolute atomic E-state index is 11.7. The average molecular weight is 297 g/mol. The van der Waals surface area contributed by atoms with E-state index >= 15 is 0 Å². The van der Waals surface area contributed by atoms with Crippen LogP contribution in [0.1, 0.15) is 12.0 Å². The molecule has 1 rings (SSSR count). The Bertz CT molecular complexity index is 398. The zero-order chi connectivity index (χ0) is 14.6. The monoisotopic (exact) mass is 297 g/mol. The second kappa shape index (κ2) is 10.7. The van der Waals surface area contributed by atoms with Gasteiger partial charge in [-0.3, -0.25) is 4.79 Å². The molecule has 1 N–H and O–H groups in total. The van der Waals surface area contributed by atoms with Crippen LogP contribution in [0.5, 0.6) is 0 Å². The van der Waals surface area contributed by atoms with E-state index in [1.807, 2.05) is 18.2 Å². The van der Waals surface area contributed by atoms with Crippen molar-refractivity contribution in [2.45, 2.75) is 18.2 Å². The van der Waals surface area contributed by atoms with Crippen LogP contribution in [0, 0.1) is 6.92 Å². The Hall–Kier alpha value is -1.04. The number of aryl methyl sites for hydroxylation is 1. The second-order valence-corrected chi connectivity index (χ2v) is 5.38. The fraction of sp³-hybridized carbons (Fsp3) is 0.533. The number of hydrogen-bond acceptors (Lipinski definition) is 4. The number of benzene rings is 1. The standard InChI is InChI=1S/C15H23NO3S/c1-13-6-3-4-7-14(13)20-12-15(17)16-8-5-9-19-11-10-18-2/h3-4,6-7H,5,8-12H2,1-2H3,(H,16,17). The molecule has 0 aromatic heterocycles. The van der Waals surface area contributed by atoms with Gasteiger partial charge < -0.3 is 14.8 Å². The van der Waals surface area contributed by atoms with E-state index in [-0.39, 0.29) is 5.91 Å². The molecule has 1 aromatic carbocycles. The molecule has 0 aliphatic carbocycles. The molecule has 0 radical (unpaired) electrons. The lowest BCUT2D eigenvalue weighted by atomic mass is 10.2. The Balaban J connectivity index is 2.05. The normalized spacial score (nSPS) is 10.5. The van der Waals surface area contributed by atoms with Crippen LogP contribution in [0.3, 0.4) is 0 Å². The third kappa shape index (κ3) is 7.53. The van der Waals surface area contributed by atoms with Gasteiger partial charge in [-0.15, -0.1) is 11.8 Å². The van der Waals surface area contributed by atoms with Gasteiger partial charge in [0.2, 0.25) is 5.91 Å². The summed E-state index contributed by atoms with van der Waals surface area (Å²) in [6.07, 6.45) is 0.824. The second-order valence-electron chi connectivity index (χ2n) is 4.36. The molecule has 0 saturated heterocycles. The lowest BCUT2D eigenvalue weighted by Gasteiger charge is -2.07. The minimum atomic E-state index is 0.0649. The number of ether oxygens (including phenoxy) is 2. The van der Waals surface area contributed by atoms with Gasteiger partial charge in [0.05, 0.1) is 19.0 Å². The van der Waals surface area contributed by atoms with Gasteiger partial charge in [0.1, 0.15) is 0 Å². The van der Waals surface area contributed by atoms with Crippen molar-refractivity contribution in [1.82, 2.24) is 5.32 Å². The quantitative estimate of drug-likeness (QED) is 0.531. The first kappa shape index (κ1) is 17.0. The van der Waals surface area contributed by atoms with Gasteiger partial charge in [-0.25, -0.2) is 0 Å². The summed E-state index contributed by atoms with van der Waals surface area (Å²) in [7, 11) is 1.65. The Labute approximate surface area is 125 Å². The summed E-state index contributed by atoms with van der Waals surface area (Å²) >= 11 is 1.57. The summed E-state index contributed by atoms with van der Waals surface area (Å²) in [5, 5.41) is 2.89. The van der Waals surface area contributed by atoms with Crippen molar-refractivity contribution in [2.75, 3.05) is 39.2 Å². The predicted molar refractivity (Wildman–Crippen MR) is 82.2 cm³/mol. The molecule has 4 nitrogen and oxygen atoms in total. The SMILES string of the molecule is COCCOCCCNC(=O)CSc1ccccc1C. The number of nitrogens with one attached hydrogen (secondary N) is 1. The van der Waals surface area contributed by atoms with Crippen molar-refractivity contribution >= 4 is 17.7 Å². The minimum Gasteiger partial charge on any atom is -0.382 e. The number of rotatable bonds is 10. The van der Waals surface area contributed by atoms with Crippen molar-refractivity contribution in [2.24, 2.45) is 0 Å². The summed E-state index contributed by atoms with van der Waals surface area (Å²) < 4.78 is 10.2. The van der Waals surface area contributed by atoms with Gasteiger partial charge in [0.25, 0.3) is 0 Å². The summed E-state index contributed by atoms with van der Waals surface area (Å²) in [4.78, 5) is 12.8. The molecule has 0 aliphatic heterocycles. The van der Waals surface area contributed by atoms with Crippen LogP contribution in [-0.2, 0) is 14.3 Å². The number of hydrogen-bond donors (Lipinski definition) is 1. The molecule has 0 fully saturated rings. The molecule has 0 heterocycles. The van der Waals surface area contributed by atoms with Crippen LogP contribution >= 0.6 is 11.8 Å². The van der Waals surface area contributed by atoms with Crippen molar-refractivity contribution < 1.29 is 14.3 Å². The van der Waals surface area contributed by atoms with Gasteiger partial charge in [0.15, 0.2) is 0 Å². The summed E-state index contributed by atoms with van der Waals surface area (Å²) in [5.74, 6) is 0.519. The number of thioether (sulfide) groups is 1. The summed E-state index contributed by atoms with van der Waals surface area (Å²) in [6.45, 7) is 4.57. The van der Waals surface area contributed by atoms with Crippen molar-refractivity contribution in [3.63, 3.8) is 0 Å². The zero-order valence-corrected chi connectivity index (χ0v) is 13.0. The van der Waals surface area contributed by atoms with Crippen LogP contribution in [0.2, 0.25) is 0 Å². The van der Waals surface area contributed by atoms with Crippen molar-refractivity contribution in [3.05, 3.63) is 29.8 Å². The number of methoxy groups -OCH3 is 1. The molecular formula is C15H23NO3S. The first-order chi connectivity index (χ1) is 9.74. The van der Waals surface area contributed by atoms with Gasteiger partial charge >= 0.3 is 0 Å². The van der Waals surface area contributed by atoms with E-state index < -0.39 is 0 Å². The van der Waals surface area contributed by atoms with Crippen molar-refractivity contribution in [3.8, 4) is 0 Å². The van der Waals surface area contributed by atoms with Crippen LogP contribution in [0.25, 0.3) is 0 Å². The topological polar surface area (TPSA) is 47.6 Å². The molecule has 0 saturated carbocycles. The Morgan fingerprint density at radius 2 is 2.05 bits per heavy atom. The largest absolute Gasteiger partial charge is 0.382 e. The molecular weight excluding hydrogens is 274 g/mol. The number of carbonyl (C=O) groups is 1. The number of amides is 1. The smallest absolute Gasteiger partial charge is 0.230 e. The Morgan fingerprint density at radius 1 is 1.25 bits per heavy atom. The highest BCUT2D eigenvalue weighted by molar-refractivity contribution is 8.00. The minimum absolute atomic E-state index is 0.0649. The highest BCUT2D eigenvalue weighted by Gasteiger charge is 2.03. The highest BCUT2D eigenvalue weighted by Crippen LogP contribution is 2.21. The maximum atomic E-state index is 11.7. The maximum Gasteiger partial charge on any atom is 0.230 e. The first-order valence-electron chi connectivity index (χ1n) is 6.76. The van der Waals surface area contributed by atoms with E-state index in [2.05, 4.69) is 18.3 Å².